The highest BCUT2D eigenvalue weighted by Crippen LogP contribution is 2.32. The maximum absolute atomic E-state index is 12.4. The van der Waals surface area contributed by atoms with Gasteiger partial charge in [0.2, 0.25) is 5.91 Å². The third-order valence-electron chi connectivity index (χ3n) is 3.83. The summed E-state index contributed by atoms with van der Waals surface area (Å²) in [5.41, 5.74) is 1.70. The smallest absolute Gasteiger partial charge is 0.246 e. The number of carbonyl (C=O) groups is 1. The lowest BCUT2D eigenvalue weighted by molar-refractivity contribution is -0.116. The number of rotatable bonds is 4. The van der Waals surface area contributed by atoms with Crippen molar-refractivity contribution in [1.29, 1.82) is 5.26 Å². The van der Waals surface area contributed by atoms with Crippen molar-refractivity contribution in [3.63, 3.8) is 0 Å². The molecule has 2 N–H and O–H groups in total. The summed E-state index contributed by atoms with van der Waals surface area (Å²) >= 11 is 0. The first-order chi connectivity index (χ1) is 12.2. The number of carbonyl (C=O) groups excluding carboxylic acids is 1. The molecule has 128 valence electrons. The van der Waals surface area contributed by atoms with E-state index in [0.29, 0.717) is 36.0 Å². The van der Waals surface area contributed by atoms with Crippen LogP contribution in [0, 0.1) is 11.3 Å². The molecule has 6 heteroatoms. The second kappa shape index (κ2) is 7.58. The average Bonchev–Trinajstić information content (AvgIpc) is 2.87. The van der Waals surface area contributed by atoms with Crippen LogP contribution in [0.5, 0.6) is 11.5 Å². The van der Waals surface area contributed by atoms with Gasteiger partial charge in [0.25, 0.3) is 0 Å². The molecule has 2 aromatic carbocycles. The first kappa shape index (κ1) is 16.7. The Kier molecular flexibility index (Phi) is 5.05. The lowest BCUT2D eigenvalue weighted by atomic mass is 10.2. The zero-order valence-electron chi connectivity index (χ0n) is 13.9. The number of hydrogen-bond donors (Lipinski definition) is 2. The standard InChI is InChI=1S/C19H19N3O3/c1-13(19(23)22-16-6-3-2-5-14(16)12-20)21-15-7-8-17-18(11-15)25-10-4-9-24-17/h2-3,5-8,11,13,21H,4,9-10H2,1H3,(H,22,23). The van der Waals surface area contributed by atoms with E-state index in [1.54, 1.807) is 31.2 Å². The first-order valence-electron chi connectivity index (χ1n) is 8.13. The lowest BCUT2D eigenvalue weighted by Gasteiger charge is -2.17. The number of fused-ring (bicyclic) bond motifs is 1. The number of nitrogens with zero attached hydrogens (tertiary/aromatic N) is 1. The topological polar surface area (TPSA) is 83.4 Å². The molecule has 0 radical (unpaired) electrons. The highest BCUT2D eigenvalue weighted by Gasteiger charge is 2.16. The molecule has 2 aromatic rings. The van der Waals surface area contributed by atoms with Crippen LogP contribution in [-0.4, -0.2) is 25.2 Å². The zero-order chi connectivity index (χ0) is 17.6. The summed E-state index contributed by atoms with van der Waals surface area (Å²) in [6, 6.07) is 14.0. The molecule has 0 saturated heterocycles. The van der Waals surface area contributed by atoms with E-state index in [9.17, 15) is 4.79 Å². The van der Waals surface area contributed by atoms with E-state index in [2.05, 4.69) is 16.7 Å². The molecule has 6 nitrogen and oxygen atoms in total. The Morgan fingerprint density at radius 1 is 1.16 bits per heavy atom. The molecule has 1 aliphatic heterocycles. The van der Waals surface area contributed by atoms with Crippen molar-refractivity contribution in [2.45, 2.75) is 19.4 Å². The molecule has 0 saturated carbocycles. The Balaban J connectivity index is 1.67. The van der Waals surface area contributed by atoms with Gasteiger partial charge >= 0.3 is 0 Å². The van der Waals surface area contributed by atoms with E-state index < -0.39 is 6.04 Å². The van der Waals surface area contributed by atoms with Gasteiger partial charge in [0.05, 0.1) is 24.5 Å². The number of para-hydroxylation sites is 1. The van der Waals surface area contributed by atoms with Crippen LogP contribution in [0.3, 0.4) is 0 Å². The molecule has 1 aliphatic rings. The molecule has 1 atom stereocenters. The highest BCUT2D eigenvalue weighted by atomic mass is 16.5. The molecule has 1 unspecified atom stereocenters. The summed E-state index contributed by atoms with van der Waals surface area (Å²) < 4.78 is 11.3. The first-order valence-corrected chi connectivity index (χ1v) is 8.13. The molecule has 1 amide bonds. The van der Waals surface area contributed by atoms with Crippen LogP contribution < -0.4 is 20.1 Å². The summed E-state index contributed by atoms with van der Waals surface area (Å²) in [6.07, 6.45) is 0.842. The fraction of sp³-hybridized carbons (Fsp3) is 0.263. The van der Waals surface area contributed by atoms with Crippen molar-refractivity contribution in [2.75, 3.05) is 23.8 Å². The van der Waals surface area contributed by atoms with E-state index in [0.717, 1.165) is 12.1 Å². The van der Waals surface area contributed by atoms with Crippen molar-refractivity contribution in [2.24, 2.45) is 0 Å². The predicted octanol–water partition coefficient (Wildman–Crippen LogP) is 3.16. The van der Waals surface area contributed by atoms with Crippen molar-refractivity contribution < 1.29 is 14.3 Å². The van der Waals surface area contributed by atoms with E-state index in [1.165, 1.54) is 0 Å². The van der Waals surface area contributed by atoms with E-state index in [4.69, 9.17) is 14.7 Å². The SMILES string of the molecule is CC(Nc1ccc2c(c1)OCCCO2)C(=O)Nc1ccccc1C#N. The van der Waals surface area contributed by atoms with Crippen molar-refractivity contribution in [3.05, 3.63) is 48.0 Å². The van der Waals surface area contributed by atoms with E-state index in [1.807, 2.05) is 18.2 Å². The Bertz CT molecular complexity index is 814. The van der Waals surface area contributed by atoms with Gasteiger partial charge in [0.1, 0.15) is 12.1 Å². The Morgan fingerprint density at radius 2 is 1.92 bits per heavy atom. The number of amides is 1. The third-order valence-corrected chi connectivity index (χ3v) is 3.83. The van der Waals surface area contributed by atoms with Gasteiger partial charge in [-0.3, -0.25) is 4.79 Å². The molecular formula is C19H19N3O3. The number of benzene rings is 2. The average molecular weight is 337 g/mol. The maximum Gasteiger partial charge on any atom is 0.246 e. The molecule has 0 aromatic heterocycles. The zero-order valence-corrected chi connectivity index (χ0v) is 13.9. The van der Waals surface area contributed by atoms with Crippen LogP contribution in [-0.2, 0) is 4.79 Å². The molecule has 0 fully saturated rings. The molecule has 0 bridgehead atoms. The lowest BCUT2D eigenvalue weighted by Crippen LogP contribution is -2.32. The Hall–Kier alpha value is -3.20. The monoisotopic (exact) mass is 337 g/mol. The fourth-order valence-electron chi connectivity index (χ4n) is 2.50. The molecular weight excluding hydrogens is 318 g/mol. The minimum absolute atomic E-state index is 0.227. The number of ether oxygens (including phenoxy) is 2. The normalized spacial score (nSPS) is 13.9. The Labute approximate surface area is 146 Å². The van der Waals surface area contributed by atoms with Gasteiger partial charge in [-0.15, -0.1) is 0 Å². The summed E-state index contributed by atoms with van der Waals surface area (Å²) in [6.45, 7) is 3.00. The predicted molar refractivity (Wildman–Crippen MR) is 94.9 cm³/mol. The van der Waals surface area contributed by atoms with E-state index >= 15 is 0 Å². The number of nitrogens with one attached hydrogen (secondary N) is 2. The van der Waals surface area contributed by atoms with Crippen LogP contribution in [0.2, 0.25) is 0 Å². The van der Waals surface area contributed by atoms with Gasteiger partial charge in [-0.25, -0.2) is 0 Å². The molecule has 25 heavy (non-hydrogen) atoms. The number of anilines is 2. The minimum Gasteiger partial charge on any atom is -0.490 e. The fourth-order valence-corrected chi connectivity index (χ4v) is 2.50. The molecule has 0 aliphatic carbocycles. The molecule has 1 heterocycles. The summed E-state index contributed by atoms with van der Waals surface area (Å²) in [7, 11) is 0. The van der Waals surface area contributed by atoms with Crippen LogP contribution in [0.15, 0.2) is 42.5 Å². The second-order valence-corrected chi connectivity index (χ2v) is 5.72. The molecule has 3 rings (SSSR count). The van der Waals surface area contributed by atoms with Crippen molar-refractivity contribution in [3.8, 4) is 17.6 Å². The van der Waals surface area contributed by atoms with Gasteiger partial charge in [0, 0.05) is 18.2 Å². The number of hydrogen-bond acceptors (Lipinski definition) is 5. The largest absolute Gasteiger partial charge is 0.490 e. The summed E-state index contributed by atoms with van der Waals surface area (Å²) in [5.74, 6) is 1.16. The van der Waals surface area contributed by atoms with Crippen LogP contribution in [0.4, 0.5) is 11.4 Å². The van der Waals surface area contributed by atoms with Gasteiger partial charge in [0.15, 0.2) is 11.5 Å². The van der Waals surface area contributed by atoms with Gasteiger partial charge in [-0.2, -0.15) is 5.26 Å². The Morgan fingerprint density at radius 3 is 2.72 bits per heavy atom. The minimum atomic E-state index is -0.489. The van der Waals surface area contributed by atoms with E-state index in [-0.39, 0.29) is 5.91 Å². The molecule has 0 spiro atoms. The van der Waals surface area contributed by atoms with Crippen molar-refractivity contribution >= 4 is 17.3 Å². The second-order valence-electron chi connectivity index (χ2n) is 5.72. The highest BCUT2D eigenvalue weighted by molar-refractivity contribution is 5.97. The van der Waals surface area contributed by atoms with Gasteiger partial charge in [-0.1, -0.05) is 12.1 Å². The maximum atomic E-state index is 12.4. The van der Waals surface area contributed by atoms with Crippen LogP contribution >= 0.6 is 0 Å². The number of nitriles is 1. The quantitative estimate of drug-likeness (QED) is 0.895. The van der Waals surface area contributed by atoms with Crippen LogP contribution in [0.25, 0.3) is 0 Å². The van der Waals surface area contributed by atoms with Crippen LogP contribution in [0.1, 0.15) is 18.9 Å². The van der Waals surface area contributed by atoms with Crippen molar-refractivity contribution in [1.82, 2.24) is 0 Å². The van der Waals surface area contributed by atoms with Gasteiger partial charge in [-0.05, 0) is 31.2 Å². The summed E-state index contributed by atoms with van der Waals surface area (Å²) in [4.78, 5) is 12.4. The van der Waals surface area contributed by atoms with Gasteiger partial charge < -0.3 is 20.1 Å². The summed E-state index contributed by atoms with van der Waals surface area (Å²) in [5, 5.41) is 15.0. The third kappa shape index (κ3) is 4.01.